The van der Waals surface area contributed by atoms with Gasteiger partial charge in [-0.25, -0.2) is 0 Å². The predicted molar refractivity (Wildman–Crippen MR) is 79.3 cm³/mol. The van der Waals surface area contributed by atoms with Gasteiger partial charge >= 0.3 is 0 Å². The summed E-state index contributed by atoms with van der Waals surface area (Å²) in [6.07, 6.45) is 2.64. The van der Waals surface area contributed by atoms with Gasteiger partial charge in [-0.15, -0.1) is 0 Å². The van der Waals surface area contributed by atoms with Gasteiger partial charge in [0.05, 0.1) is 0 Å². The first kappa shape index (κ1) is 13.2. The molecule has 0 heterocycles. The Labute approximate surface area is 117 Å². The molecule has 1 fully saturated rings. The second kappa shape index (κ2) is 5.62. The van der Waals surface area contributed by atoms with E-state index in [4.69, 9.17) is 11.6 Å². The first-order chi connectivity index (χ1) is 8.13. The number of halogens is 2. The molecule has 1 aliphatic rings. The van der Waals surface area contributed by atoms with Crippen LogP contribution in [0.3, 0.4) is 0 Å². The zero-order valence-electron chi connectivity index (χ0n) is 10.4. The lowest BCUT2D eigenvalue weighted by atomic mass is 10.1. The van der Waals surface area contributed by atoms with Gasteiger partial charge in [-0.05, 0) is 30.9 Å². The van der Waals surface area contributed by atoms with Crippen LogP contribution in [0, 0.1) is 5.92 Å². The molecule has 17 heavy (non-hydrogen) atoms. The van der Waals surface area contributed by atoms with Crippen molar-refractivity contribution in [3.63, 3.8) is 0 Å². The standard InChI is InChI=1S/C14H19BrClN/c1-10(2)9-17(11-6-7-11)14-5-3-4-13(16)12(14)8-15/h3-5,10-11H,6-9H2,1-2H3. The van der Waals surface area contributed by atoms with Crippen LogP contribution < -0.4 is 4.90 Å². The Morgan fingerprint density at radius 1 is 1.41 bits per heavy atom. The average Bonchev–Trinajstić information content (AvgIpc) is 3.09. The highest BCUT2D eigenvalue weighted by atomic mass is 79.9. The Morgan fingerprint density at radius 2 is 2.12 bits per heavy atom. The fourth-order valence-corrected chi connectivity index (χ4v) is 3.16. The molecule has 3 heteroatoms. The van der Waals surface area contributed by atoms with Crippen molar-refractivity contribution in [2.24, 2.45) is 5.92 Å². The predicted octanol–water partition coefficient (Wildman–Crippen LogP) is 4.86. The van der Waals surface area contributed by atoms with Gasteiger partial charge in [0.15, 0.2) is 0 Å². The number of nitrogens with zero attached hydrogens (tertiary/aromatic N) is 1. The average molecular weight is 317 g/mol. The number of benzene rings is 1. The maximum absolute atomic E-state index is 6.28. The lowest BCUT2D eigenvalue weighted by Crippen LogP contribution is -2.30. The molecule has 1 aromatic carbocycles. The molecule has 1 aromatic rings. The van der Waals surface area contributed by atoms with E-state index in [1.807, 2.05) is 6.07 Å². The topological polar surface area (TPSA) is 3.24 Å². The zero-order valence-corrected chi connectivity index (χ0v) is 12.8. The smallest absolute Gasteiger partial charge is 0.0467 e. The molecule has 0 aromatic heterocycles. The number of alkyl halides is 1. The molecule has 0 atom stereocenters. The first-order valence-corrected chi connectivity index (χ1v) is 7.73. The summed E-state index contributed by atoms with van der Waals surface area (Å²) in [5.41, 5.74) is 2.53. The molecular formula is C14H19BrClN. The van der Waals surface area contributed by atoms with E-state index < -0.39 is 0 Å². The molecular weight excluding hydrogens is 298 g/mol. The maximum Gasteiger partial charge on any atom is 0.0467 e. The molecule has 0 saturated heterocycles. The summed E-state index contributed by atoms with van der Waals surface area (Å²) in [5.74, 6) is 0.678. The van der Waals surface area contributed by atoms with E-state index in [1.165, 1.54) is 24.1 Å². The minimum atomic E-state index is 0.678. The van der Waals surface area contributed by atoms with E-state index in [0.717, 1.165) is 22.9 Å². The Kier molecular flexibility index (Phi) is 4.37. The fourth-order valence-electron chi connectivity index (χ4n) is 2.17. The summed E-state index contributed by atoms with van der Waals surface area (Å²) in [7, 11) is 0. The quantitative estimate of drug-likeness (QED) is 0.701. The van der Waals surface area contributed by atoms with E-state index >= 15 is 0 Å². The van der Waals surface area contributed by atoms with Crippen molar-refractivity contribution >= 4 is 33.2 Å². The van der Waals surface area contributed by atoms with Crippen LogP contribution in [0.1, 0.15) is 32.3 Å². The number of anilines is 1. The third-order valence-electron chi connectivity index (χ3n) is 3.09. The van der Waals surface area contributed by atoms with Gasteiger partial charge in [0.1, 0.15) is 0 Å². The SMILES string of the molecule is CC(C)CN(c1cccc(Cl)c1CBr)C1CC1. The van der Waals surface area contributed by atoms with E-state index in [-0.39, 0.29) is 0 Å². The molecule has 94 valence electrons. The Balaban J connectivity index is 2.31. The van der Waals surface area contributed by atoms with Crippen molar-refractivity contribution in [1.29, 1.82) is 0 Å². The summed E-state index contributed by atoms with van der Waals surface area (Å²) in [6, 6.07) is 6.96. The molecule has 0 unspecified atom stereocenters. The fraction of sp³-hybridized carbons (Fsp3) is 0.571. The third kappa shape index (κ3) is 3.17. The van der Waals surface area contributed by atoms with Crippen LogP contribution in [0.2, 0.25) is 5.02 Å². The van der Waals surface area contributed by atoms with Gasteiger partial charge in [0.2, 0.25) is 0 Å². The second-order valence-corrected chi connectivity index (χ2v) is 6.12. The van der Waals surface area contributed by atoms with E-state index in [9.17, 15) is 0 Å². The van der Waals surface area contributed by atoms with Gasteiger partial charge < -0.3 is 4.90 Å². The van der Waals surface area contributed by atoms with Crippen molar-refractivity contribution in [3.05, 3.63) is 28.8 Å². The monoisotopic (exact) mass is 315 g/mol. The van der Waals surface area contributed by atoms with Gasteiger partial charge in [0.25, 0.3) is 0 Å². The zero-order chi connectivity index (χ0) is 12.4. The molecule has 1 saturated carbocycles. The Bertz CT molecular complexity index is 388. The highest BCUT2D eigenvalue weighted by molar-refractivity contribution is 9.08. The molecule has 2 rings (SSSR count). The van der Waals surface area contributed by atoms with Crippen LogP contribution in [-0.4, -0.2) is 12.6 Å². The molecule has 0 amide bonds. The molecule has 0 spiro atoms. The third-order valence-corrected chi connectivity index (χ3v) is 4.00. The van der Waals surface area contributed by atoms with Crippen molar-refractivity contribution < 1.29 is 0 Å². The maximum atomic E-state index is 6.28. The highest BCUT2D eigenvalue weighted by Gasteiger charge is 2.30. The van der Waals surface area contributed by atoms with Crippen LogP contribution in [0.25, 0.3) is 0 Å². The van der Waals surface area contributed by atoms with Crippen LogP contribution in [0.5, 0.6) is 0 Å². The van der Waals surface area contributed by atoms with Crippen molar-refractivity contribution in [3.8, 4) is 0 Å². The summed E-state index contributed by atoms with van der Waals surface area (Å²) in [6.45, 7) is 5.66. The summed E-state index contributed by atoms with van der Waals surface area (Å²) >= 11 is 9.83. The first-order valence-electron chi connectivity index (χ1n) is 6.23. The highest BCUT2D eigenvalue weighted by Crippen LogP contribution is 2.37. The van der Waals surface area contributed by atoms with Crippen molar-refractivity contribution in [2.75, 3.05) is 11.4 Å². The second-order valence-electron chi connectivity index (χ2n) is 5.15. The van der Waals surface area contributed by atoms with Crippen LogP contribution in [0.15, 0.2) is 18.2 Å². The van der Waals surface area contributed by atoms with E-state index in [0.29, 0.717) is 5.92 Å². The van der Waals surface area contributed by atoms with Gasteiger partial charge in [-0.1, -0.05) is 47.4 Å². The van der Waals surface area contributed by atoms with Crippen LogP contribution in [0.4, 0.5) is 5.69 Å². The molecule has 1 nitrogen and oxygen atoms in total. The van der Waals surface area contributed by atoms with Crippen molar-refractivity contribution in [2.45, 2.75) is 38.1 Å². The summed E-state index contributed by atoms with van der Waals surface area (Å²) in [5, 5.41) is 1.69. The van der Waals surface area contributed by atoms with Gasteiger partial charge in [0, 0.05) is 34.2 Å². The molecule has 0 N–H and O–H groups in total. The molecule has 0 bridgehead atoms. The summed E-state index contributed by atoms with van der Waals surface area (Å²) < 4.78 is 0. The minimum absolute atomic E-state index is 0.678. The number of rotatable bonds is 5. The van der Waals surface area contributed by atoms with E-state index in [1.54, 1.807) is 0 Å². The van der Waals surface area contributed by atoms with E-state index in [2.05, 4.69) is 46.8 Å². The molecule has 0 radical (unpaired) electrons. The van der Waals surface area contributed by atoms with Crippen LogP contribution in [-0.2, 0) is 5.33 Å². The Morgan fingerprint density at radius 3 is 2.65 bits per heavy atom. The van der Waals surface area contributed by atoms with Crippen molar-refractivity contribution in [1.82, 2.24) is 0 Å². The Hall–Kier alpha value is -0.210. The van der Waals surface area contributed by atoms with Gasteiger partial charge in [-0.2, -0.15) is 0 Å². The van der Waals surface area contributed by atoms with Gasteiger partial charge in [-0.3, -0.25) is 0 Å². The largest absolute Gasteiger partial charge is 0.368 e. The molecule has 0 aliphatic heterocycles. The lowest BCUT2D eigenvalue weighted by Gasteiger charge is -2.29. The number of hydrogen-bond acceptors (Lipinski definition) is 1. The molecule has 1 aliphatic carbocycles. The normalized spacial score (nSPS) is 15.4. The number of hydrogen-bond donors (Lipinski definition) is 0. The van der Waals surface area contributed by atoms with Crippen LogP contribution >= 0.6 is 27.5 Å². The summed E-state index contributed by atoms with van der Waals surface area (Å²) in [4.78, 5) is 2.53. The minimum Gasteiger partial charge on any atom is -0.368 e. The lowest BCUT2D eigenvalue weighted by molar-refractivity contribution is 0.606.